The fourth-order valence-electron chi connectivity index (χ4n) is 3.13. The van der Waals surface area contributed by atoms with Gasteiger partial charge in [0.1, 0.15) is 0 Å². The van der Waals surface area contributed by atoms with Crippen molar-refractivity contribution in [3.8, 4) is 0 Å². The van der Waals surface area contributed by atoms with Gasteiger partial charge in [-0.25, -0.2) is 0 Å². The minimum atomic E-state index is 0.442. The lowest BCUT2D eigenvalue weighted by atomic mass is 9.96. The topological polar surface area (TPSA) is 71.2 Å². The Hall–Kier alpha value is -1.76. The third kappa shape index (κ3) is 2.83. The number of nitrogens with one attached hydrogen (secondary N) is 1. The van der Waals surface area contributed by atoms with Crippen LogP contribution in [0.15, 0.2) is 12.4 Å². The normalized spacial score (nSPS) is 20.9. The summed E-state index contributed by atoms with van der Waals surface area (Å²) in [6.45, 7) is 6.55. The van der Waals surface area contributed by atoms with Gasteiger partial charge in [0.25, 0.3) is 0 Å². The van der Waals surface area contributed by atoms with Crippen molar-refractivity contribution >= 4 is 11.5 Å². The first-order valence-corrected chi connectivity index (χ1v) is 7.83. The molecule has 0 amide bonds. The van der Waals surface area contributed by atoms with E-state index in [1.54, 1.807) is 10.7 Å². The van der Waals surface area contributed by atoms with Crippen molar-refractivity contribution in [3.63, 3.8) is 0 Å². The second-order valence-corrected chi connectivity index (χ2v) is 5.71. The van der Waals surface area contributed by atoms with E-state index in [1.165, 1.54) is 19.3 Å². The highest BCUT2D eigenvalue weighted by Gasteiger charge is 2.29. The van der Waals surface area contributed by atoms with Crippen LogP contribution in [-0.4, -0.2) is 50.2 Å². The van der Waals surface area contributed by atoms with Crippen LogP contribution < -0.4 is 10.2 Å². The number of nitrogens with zero attached hydrogens (tertiary/aromatic N) is 6. The highest BCUT2D eigenvalue weighted by Crippen LogP contribution is 2.26. The molecule has 0 spiro atoms. The van der Waals surface area contributed by atoms with E-state index in [1.807, 2.05) is 6.20 Å². The summed E-state index contributed by atoms with van der Waals surface area (Å²) in [5.74, 6) is 0.993. The largest absolute Gasteiger partial charge is 0.351 e. The summed E-state index contributed by atoms with van der Waals surface area (Å²) in [4.78, 5) is 6.70. The SMILES string of the molecule is CCCNC(C)C1CCCCN1c1cncc2nnnn12. The molecule has 21 heavy (non-hydrogen) atoms. The Morgan fingerprint density at radius 1 is 1.38 bits per heavy atom. The summed E-state index contributed by atoms with van der Waals surface area (Å²) >= 11 is 0. The third-order valence-corrected chi connectivity index (χ3v) is 4.23. The van der Waals surface area contributed by atoms with Crippen molar-refractivity contribution in [1.29, 1.82) is 0 Å². The summed E-state index contributed by atoms with van der Waals surface area (Å²) in [6.07, 6.45) is 8.39. The molecule has 3 rings (SSSR count). The smallest absolute Gasteiger partial charge is 0.199 e. The highest BCUT2D eigenvalue weighted by atomic mass is 15.5. The van der Waals surface area contributed by atoms with Crippen LogP contribution in [0.1, 0.15) is 39.5 Å². The van der Waals surface area contributed by atoms with Gasteiger partial charge in [0.2, 0.25) is 0 Å². The van der Waals surface area contributed by atoms with Gasteiger partial charge in [-0.15, -0.1) is 5.10 Å². The zero-order valence-corrected chi connectivity index (χ0v) is 12.7. The van der Waals surface area contributed by atoms with E-state index >= 15 is 0 Å². The van der Waals surface area contributed by atoms with Gasteiger partial charge in [0.05, 0.1) is 12.4 Å². The van der Waals surface area contributed by atoms with Crippen LogP contribution in [0.4, 0.5) is 5.82 Å². The van der Waals surface area contributed by atoms with Crippen LogP contribution in [0.3, 0.4) is 0 Å². The molecule has 2 aromatic rings. The Morgan fingerprint density at radius 3 is 3.14 bits per heavy atom. The molecule has 0 radical (unpaired) electrons. The number of hydrogen-bond acceptors (Lipinski definition) is 6. The van der Waals surface area contributed by atoms with Crippen molar-refractivity contribution < 1.29 is 0 Å². The number of fused-ring (bicyclic) bond motifs is 1. The molecule has 2 aromatic heterocycles. The predicted molar refractivity (Wildman–Crippen MR) is 81.3 cm³/mol. The minimum Gasteiger partial charge on any atom is -0.351 e. The van der Waals surface area contributed by atoms with Crippen LogP contribution in [0.5, 0.6) is 0 Å². The Kier molecular flexibility index (Phi) is 4.28. The van der Waals surface area contributed by atoms with Crippen LogP contribution >= 0.6 is 0 Å². The quantitative estimate of drug-likeness (QED) is 0.893. The first kappa shape index (κ1) is 14.2. The molecule has 114 valence electrons. The van der Waals surface area contributed by atoms with Gasteiger partial charge < -0.3 is 10.2 Å². The number of piperidine rings is 1. The molecule has 0 aromatic carbocycles. The molecule has 1 aliphatic rings. The lowest BCUT2D eigenvalue weighted by molar-refractivity contribution is 0.364. The summed E-state index contributed by atoms with van der Waals surface area (Å²) in [5, 5.41) is 15.5. The molecule has 0 bridgehead atoms. The van der Waals surface area contributed by atoms with Gasteiger partial charge in [0.15, 0.2) is 11.5 Å². The van der Waals surface area contributed by atoms with E-state index < -0.39 is 0 Å². The predicted octanol–water partition coefficient (Wildman–Crippen LogP) is 1.27. The zero-order valence-electron chi connectivity index (χ0n) is 12.7. The molecule has 1 fully saturated rings. The van der Waals surface area contributed by atoms with Crippen molar-refractivity contribution in [1.82, 2.24) is 30.3 Å². The molecule has 7 nitrogen and oxygen atoms in total. The monoisotopic (exact) mass is 289 g/mol. The van der Waals surface area contributed by atoms with Gasteiger partial charge in [0, 0.05) is 18.6 Å². The summed E-state index contributed by atoms with van der Waals surface area (Å²) in [7, 11) is 0. The summed E-state index contributed by atoms with van der Waals surface area (Å²) in [5.41, 5.74) is 0.700. The lowest BCUT2D eigenvalue weighted by Crippen LogP contribution is -2.52. The van der Waals surface area contributed by atoms with Crippen LogP contribution in [0, 0.1) is 0 Å². The fraction of sp³-hybridized carbons (Fsp3) is 0.714. The fourth-order valence-corrected chi connectivity index (χ4v) is 3.13. The molecule has 7 heteroatoms. The van der Waals surface area contributed by atoms with Crippen LogP contribution in [0.2, 0.25) is 0 Å². The third-order valence-electron chi connectivity index (χ3n) is 4.23. The average molecular weight is 289 g/mol. The number of anilines is 1. The number of aromatic nitrogens is 5. The lowest BCUT2D eigenvalue weighted by Gasteiger charge is -2.40. The Morgan fingerprint density at radius 2 is 2.29 bits per heavy atom. The van der Waals surface area contributed by atoms with E-state index in [0.717, 1.165) is 25.3 Å². The van der Waals surface area contributed by atoms with Crippen molar-refractivity contribution in [3.05, 3.63) is 12.4 Å². The van der Waals surface area contributed by atoms with Crippen molar-refractivity contribution in [2.24, 2.45) is 0 Å². The standard InChI is InChI=1S/C14H23N7/c1-3-7-16-11(2)12-6-4-5-8-20(12)14-10-15-9-13-17-18-19-21(13)14/h9-12,16H,3-8H2,1-2H3. The Bertz CT molecular complexity index is 581. The van der Waals surface area contributed by atoms with Crippen molar-refractivity contribution in [2.45, 2.75) is 51.6 Å². The van der Waals surface area contributed by atoms with E-state index in [4.69, 9.17) is 0 Å². The van der Waals surface area contributed by atoms with E-state index in [0.29, 0.717) is 17.7 Å². The van der Waals surface area contributed by atoms with Crippen LogP contribution in [-0.2, 0) is 0 Å². The molecule has 2 atom stereocenters. The Labute approximate surface area is 124 Å². The number of tetrazole rings is 1. The molecule has 1 aliphatic heterocycles. The van der Waals surface area contributed by atoms with Gasteiger partial charge >= 0.3 is 0 Å². The molecule has 3 heterocycles. The highest BCUT2D eigenvalue weighted by molar-refractivity contribution is 5.47. The van der Waals surface area contributed by atoms with E-state index in [2.05, 4.69) is 44.6 Å². The van der Waals surface area contributed by atoms with E-state index in [-0.39, 0.29) is 0 Å². The molecule has 2 unspecified atom stereocenters. The maximum Gasteiger partial charge on any atom is 0.199 e. The minimum absolute atomic E-state index is 0.442. The molecule has 0 saturated carbocycles. The second-order valence-electron chi connectivity index (χ2n) is 5.71. The van der Waals surface area contributed by atoms with E-state index in [9.17, 15) is 0 Å². The van der Waals surface area contributed by atoms with Crippen molar-refractivity contribution in [2.75, 3.05) is 18.0 Å². The molecule has 1 saturated heterocycles. The van der Waals surface area contributed by atoms with Gasteiger partial charge in [-0.2, -0.15) is 4.52 Å². The van der Waals surface area contributed by atoms with Crippen LogP contribution in [0.25, 0.3) is 5.65 Å². The second kappa shape index (κ2) is 6.34. The number of rotatable bonds is 5. The van der Waals surface area contributed by atoms with Gasteiger partial charge in [-0.1, -0.05) is 6.92 Å². The first-order valence-electron chi connectivity index (χ1n) is 7.83. The molecule has 1 N–H and O–H groups in total. The average Bonchev–Trinajstić information content (AvgIpc) is 3.01. The maximum atomic E-state index is 4.29. The van der Waals surface area contributed by atoms with Gasteiger partial charge in [-0.05, 0) is 49.6 Å². The summed E-state index contributed by atoms with van der Waals surface area (Å²) in [6, 6.07) is 0.902. The first-order chi connectivity index (χ1) is 10.3. The van der Waals surface area contributed by atoms with Gasteiger partial charge in [-0.3, -0.25) is 4.98 Å². The molecule has 0 aliphatic carbocycles. The molecular formula is C14H23N7. The number of hydrogen-bond donors (Lipinski definition) is 1. The maximum absolute atomic E-state index is 4.29. The zero-order chi connectivity index (χ0) is 14.7. The Balaban J connectivity index is 1.88. The molecular weight excluding hydrogens is 266 g/mol. The summed E-state index contributed by atoms with van der Waals surface area (Å²) < 4.78 is 1.79.